The second kappa shape index (κ2) is 13.4. The fraction of sp³-hybridized carbons (Fsp3) is 0.500. The van der Waals surface area contributed by atoms with Gasteiger partial charge in [0, 0.05) is 0 Å². The predicted molar refractivity (Wildman–Crippen MR) is 70.8 cm³/mol. The van der Waals surface area contributed by atoms with Crippen LogP contribution < -0.4 is 24.8 Å². The maximum atomic E-state index is 3.21. The molecule has 0 saturated carbocycles. The molecule has 104 valence electrons. The summed E-state index contributed by atoms with van der Waals surface area (Å²) in [6.45, 7) is 8.70. The van der Waals surface area contributed by atoms with Crippen LogP contribution in [0.2, 0.25) is 0 Å². The van der Waals surface area contributed by atoms with Gasteiger partial charge >= 0.3 is 25.8 Å². The van der Waals surface area contributed by atoms with E-state index in [-0.39, 0.29) is 50.7 Å². The average molecular weight is 464 g/mol. The van der Waals surface area contributed by atoms with Crippen LogP contribution in [0.15, 0.2) is 34.4 Å². The van der Waals surface area contributed by atoms with E-state index in [0.29, 0.717) is 0 Å². The minimum Gasteiger partial charge on any atom is -1.00 e. The van der Waals surface area contributed by atoms with Gasteiger partial charge in [0.15, 0.2) is 0 Å². The molecule has 0 radical (unpaired) electrons. The van der Waals surface area contributed by atoms with Gasteiger partial charge in [-0.1, -0.05) is 39.5 Å². The minimum atomic E-state index is 0. The summed E-state index contributed by atoms with van der Waals surface area (Å²) < 4.78 is 0. The maximum absolute atomic E-state index is 3.21. The topological polar surface area (TPSA) is 0 Å². The normalized spacial score (nSPS) is 15.4. The Morgan fingerprint density at radius 1 is 0.842 bits per heavy atom. The molecule has 0 aromatic rings. The molecule has 19 heavy (non-hydrogen) atoms. The standard InChI is InChI=1S/2C8H11.2ClH.Hf/c2*1-3-8-6-4-5-7(8)2;;;/h2*4H,3,5H2,1-2H3;2*1H;/q2*-1;;;+4/p-2. The first-order valence-corrected chi connectivity index (χ1v) is 6.22. The van der Waals surface area contributed by atoms with Gasteiger partial charge in [-0.3, -0.25) is 12.2 Å². The first-order valence-electron chi connectivity index (χ1n) is 6.22. The second-order valence-electron chi connectivity index (χ2n) is 4.33. The van der Waals surface area contributed by atoms with Crippen LogP contribution in [0.4, 0.5) is 0 Å². The van der Waals surface area contributed by atoms with Crippen LogP contribution in [-0.2, 0) is 25.8 Å². The van der Waals surface area contributed by atoms with Gasteiger partial charge < -0.3 is 24.8 Å². The van der Waals surface area contributed by atoms with Gasteiger partial charge in [-0.25, -0.2) is 22.3 Å². The van der Waals surface area contributed by atoms with E-state index in [1.54, 1.807) is 0 Å². The van der Waals surface area contributed by atoms with Gasteiger partial charge in [-0.15, -0.1) is 13.8 Å². The SMILES string of the molecule is CCC1=C(C)CC=[C-]1.CCC1=C(C)CC=[C-]1.[Cl-].[Cl-].[Hf+4]. The molecule has 0 fully saturated rings. The monoisotopic (exact) mass is 464 g/mol. The predicted octanol–water partition coefficient (Wildman–Crippen LogP) is -1.04. The molecule has 0 atom stereocenters. The quantitative estimate of drug-likeness (QED) is 0.363. The van der Waals surface area contributed by atoms with Crippen LogP contribution in [-0.4, -0.2) is 0 Å². The number of rotatable bonds is 2. The van der Waals surface area contributed by atoms with Crippen molar-refractivity contribution in [2.24, 2.45) is 0 Å². The third-order valence-electron chi connectivity index (χ3n) is 3.11. The molecule has 2 rings (SSSR count). The van der Waals surface area contributed by atoms with Gasteiger partial charge in [-0.2, -0.15) is 12.2 Å². The van der Waals surface area contributed by atoms with E-state index < -0.39 is 0 Å². The van der Waals surface area contributed by atoms with Crippen LogP contribution in [0, 0.1) is 12.2 Å². The van der Waals surface area contributed by atoms with Crippen molar-refractivity contribution in [3.05, 3.63) is 46.6 Å². The third-order valence-corrected chi connectivity index (χ3v) is 3.11. The molecule has 0 aliphatic heterocycles. The summed E-state index contributed by atoms with van der Waals surface area (Å²) in [5.74, 6) is 0. The Kier molecular flexibility index (Phi) is 17.2. The summed E-state index contributed by atoms with van der Waals surface area (Å²) in [4.78, 5) is 0. The van der Waals surface area contributed by atoms with E-state index >= 15 is 0 Å². The molecule has 0 aromatic heterocycles. The minimum absolute atomic E-state index is 0. The zero-order valence-corrected chi connectivity index (χ0v) is 17.3. The van der Waals surface area contributed by atoms with E-state index in [4.69, 9.17) is 0 Å². The molecule has 0 amide bonds. The van der Waals surface area contributed by atoms with Crippen molar-refractivity contribution in [2.75, 3.05) is 0 Å². The van der Waals surface area contributed by atoms with E-state index in [1.165, 1.54) is 22.3 Å². The number of hydrogen-bond donors (Lipinski definition) is 0. The van der Waals surface area contributed by atoms with Crippen LogP contribution in [0.5, 0.6) is 0 Å². The first-order chi connectivity index (χ1) is 7.69. The molecule has 0 spiro atoms. The summed E-state index contributed by atoms with van der Waals surface area (Å²) in [6.07, 6.45) is 15.2. The summed E-state index contributed by atoms with van der Waals surface area (Å²) >= 11 is 0. The zero-order chi connectivity index (χ0) is 12.0. The fourth-order valence-corrected chi connectivity index (χ4v) is 1.96. The Balaban J connectivity index is -0.000000233. The van der Waals surface area contributed by atoms with Crippen molar-refractivity contribution < 1.29 is 50.7 Å². The van der Waals surface area contributed by atoms with E-state index in [9.17, 15) is 0 Å². The van der Waals surface area contributed by atoms with E-state index in [1.807, 2.05) is 0 Å². The Hall–Kier alpha value is 0.410. The molecule has 0 unspecified atom stereocenters. The van der Waals surface area contributed by atoms with Gasteiger partial charge in [0.1, 0.15) is 0 Å². The number of halogens is 2. The van der Waals surface area contributed by atoms with Crippen LogP contribution >= 0.6 is 0 Å². The van der Waals surface area contributed by atoms with Crippen LogP contribution in [0.25, 0.3) is 0 Å². The van der Waals surface area contributed by atoms with Crippen molar-refractivity contribution >= 4 is 0 Å². The largest absolute Gasteiger partial charge is 4.00 e. The molecule has 0 bridgehead atoms. The fourth-order valence-electron chi connectivity index (χ4n) is 1.96. The molecule has 2 aliphatic carbocycles. The summed E-state index contributed by atoms with van der Waals surface area (Å²) in [5.41, 5.74) is 5.80. The van der Waals surface area contributed by atoms with Crippen LogP contribution in [0.3, 0.4) is 0 Å². The molecular weight excluding hydrogens is 442 g/mol. The maximum Gasteiger partial charge on any atom is 4.00 e. The van der Waals surface area contributed by atoms with Crippen molar-refractivity contribution in [1.82, 2.24) is 0 Å². The molecule has 3 heteroatoms. The smallest absolute Gasteiger partial charge is 1.00 e. The molecule has 0 heterocycles. The Labute approximate surface area is 150 Å². The number of allylic oxidation sites excluding steroid dienone is 8. The van der Waals surface area contributed by atoms with E-state index in [0.717, 1.165) is 25.7 Å². The summed E-state index contributed by atoms with van der Waals surface area (Å²) in [5, 5.41) is 0. The first kappa shape index (κ1) is 24.4. The van der Waals surface area contributed by atoms with Crippen molar-refractivity contribution in [3.8, 4) is 0 Å². The van der Waals surface area contributed by atoms with Crippen LogP contribution in [0.1, 0.15) is 53.4 Å². The van der Waals surface area contributed by atoms with Gasteiger partial charge in [-0.05, 0) is 0 Å². The van der Waals surface area contributed by atoms with Crippen molar-refractivity contribution in [2.45, 2.75) is 53.4 Å². The second-order valence-corrected chi connectivity index (χ2v) is 4.33. The molecule has 0 saturated heterocycles. The number of hydrogen-bond acceptors (Lipinski definition) is 0. The van der Waals surface area contributed by atoms with Gasteiger partial charge in [0.25, 0.3) is 0 Å². The van der Waals surface area contributed by atoms with Gasteiger partial charge in [0.2, 0.25) is 0 Å². The van der Waals surface area contributed by atoms with Crippen molar-refractivity contribution in [1.29, 1.82) is 0 Å². The van der Waals surface area contributed by atoms with E-state index in [2.05, 4.69) is 52.0 Å². The third kappa shape index (κ3) is 8.32. The Morgan fingerprint density at radius 2 is 1.16 bits per heavy atom. The van der Waals surface area contributed by atoms with Gasteiger partial charge in [0.05, 0.1) is 0 Å². The molecular formula is C16H22Cl2Hf. The summed E-state index contributed by atoms with van der Waals surface area (Å²) in [6, 6.07) is 0. The van der Waals surface area contributed by atoms with Crippen molar-refractivity contribution in [3.63, 3.8) is 0 Å². The molecule has 0 N–H and O–H groups in total. The summed E-state index contributed by atoms with van der Waals surface area (Å²) in [7, 11) is 0. The zero-order valence-electron chi connectivity index (χ0n) is 12.2. The molecule has 0 nitrogen and oxygen atoms in total. The molecule has 0 aromatic carbocycles. The Morgan fingerprint density at radius 3 is 1.26 bits per heavy atom. The Bertz CT molecular complexity index is 327. The average Bonchev–Trinajstić information content (AvgIpc) is 2.87. The molecule has 2 aliphatic rings.